The SMILES string of the molecule is NCC1(C(=O)OC2CCCCC2)CCCCCC1. The number of hydrogen-bond acceptors (Lipinski definition) is 3. The lowest BCUT2D eigenvalue weighted by Crippen LogP contribution is -2.41. The lowest BCUT2D eigenvalue weighted by molar-refractivity contribution is -0.163. The molecule has 2 saturated carbocycles. The van der Waals surface area contributed by atoms with Crippen LogP contribution in [0.15, 0.2) is 0 Å². The molecule has 0 spiro atoms. The summed E-state index contributed by atoms with van der Waals surface area (Å²) >= 11 is 0. The molecule has 2 fully saturated rings. The predicted octanol–water partition coefficient (Wildman–Crippen LogP) is 3.16. The van der Waals surface area contributed by atoms with Crippen molar-refractivity contribution < 1.29 is 9.53 Å². The maximum Gasteiger partial charge on any atom is 0.313 e. The van der Waals surface area contributed by atoms with E-state index in [0.29, 0.717) is 6.54 Å². The van der Waals surface area contributed by atoms with Gasteiger partial charge < -0.3 is 10.5 Å². The second-order valence-electron chi connectivity index (χ2n) is 6.06. The first-order valence-corrected chi connectivity index (χ1v) is 7.68. The van der Waals surface area contributed by atoms with Crippen molar-refractivity contribution in [1.82, 2.24) is 0 Å². The quantitative estimate of drug-likeness (QED) is 0.621. The Balaban J connectivity index is 1.94. The molecular weight excluding hydrogens is 226 g/mol. The zero-order valence-corrected chi connectivity index (χ0v) is 11.5. The predicted molar refractivity (Wildman–Crippen MR) is 72.2 cm³/mol. The van der Waals surface area contributed by atoms with E-state index in [4.69, 9.17) is 10.5 Å². The van der Waals surface area contributed by atoms with Crippen LogP contribution in [-0.4, -0.2) is 18.6 Å². The minimum Gasteiger partial charge on any atom is -0.462 e. The van der Waals surface area contributed by atoms with Gasteiger partial charge in [-0.1, -0.05) is 32.1 Å². The Morgan fingerprint density at radius 2 is 1.56 bits per heavy atom. The summed E-state index contributed by atoms with van der Waals surface area (Å²) < 4.78 is 5.76. The van der Waals surface area contributed by atoms with Crippen LogP contribution < -0.4 is 5.73 Å². The molecule has 2 aliphatic rings. The number of rotatable bonds is 3. The second-order valence-corrected chi connectivity index (χ2v) is 6.06. The Kier molecular flexibility index (Phi) is 5.04. The molecule has 2 rings (SSSR count). The van der Waals surface area contributed by atoms with Crippen molar-refractivity contribution in [3.05, 3.63) is 0 Å². The molecular formula is C15H27NO2. The Morgan fingerprint density at radius 1 is 1.00 bits per heavy atom. The third kappa shape index (κ3) is 3.25. The fourth-order valence-electron chi connectivity index (χ4n) is 3.36. The molecule has 0 atom stereocenters. The highest BCUT2D eigenvalue weighted by molar-refractivity contribution is 5.77. The first-order chi connectivity index (χ1) is 8.77. The van der Waals surface area contributed by atoms with Crippen molar-refractivity contribution in [2.75, 3.05) is 6.54 Å². The largest absolute Gasteiger partial charge is 0.462 e. The normalized spacial score (nSPS) is 25.4. The molecule has 0 aromatic rings. The third-order valence-corrected chi connectivity index (χ3v) is 4.71. The summed E-state index contributed by atoms with van der Waals surface area (Å²) in [5.41, 5.74) is 5.55. The van der Waals surface area contributed by atoms with E-state index in [1.807, 2.05) is 0 Å². The molecule has 0 amide bonds. The smallest absolute Gasteiger partial charge is 0.313 e. The average Bonchev–Trinajstić information content (AvgIpc) is 2.66. The van der Waals surface area contributed by atoms with Gasteiger partial charge in [0, 0.05) is 6.54 Å². The molecule has 3 nitrogen and oxygen atoms in total. The molecule has 0 aromatic carbocycles. The van der Waals surface area contributed by atoms with Gasteiger partial charge in [0.05, 0.1) is 5.41 Å². The van der Waals surface area contributed by atoms with Crippen LogP contribution in [0.2, 0.25) is 0 Å². The zero-order chi connectivity index (χ0) is 12.8. The van der Waals surface area contributed by atoms with E-state index >= 15 is 0 Å². The molecule has 0 bridgehead atoms. The van der Waals surface area contributed by atoms with Gasteiger partial charge in [-0.2, -0.15) is 0 Å². The average molecular weight is 253 g/mol. The van der Waals surface area contributed by atoms with Crippen LogP contribution in [0.5, 0.6) is 0 Å². The monoisotopic (exact) mass is 253 g/mol. The summed E-state index contributed by atoms with van der Waals surface area (Å²) in [5, 5.41) is 0. The van der Waals surface area contributed by atoms with Crippen LogP contribution in [0, 0.1) is 5.41 Å². The van der Waals surface area contributed by atoms with E-state index in [2.05, 4.69) is 0 Å². The Labute approximate surface area is 110 Å². The van der Waals surface area contributed by atoms with Crippen LogP contribution in [0.4, 0.5) is 0 Å². The zero-order valence-electron chi connectivity index (χ0n) is 11.5. The van der Waals surface area contributed by atoms with Crippen molar-refractivity contribution in [3.63, 3.8) is 0 Å². The van der Waals surface area contributed by atoms with Gasteiger partial charge in [-0.15, -0.1) is 0 Å². The van der Waals surface area contributed by atoms with E-state index in [-0.39, 0.29) is 17.5 Å². The van der Waals surface area contributed by atoms with E-state index in [1.54, 1.807) is 0 Å². The van der Waals surface area contributed by atoms with E-state index in [0.717, 1.165) is 38.5 Å². The minimum atomic E-state index is -0.367. The second kappa shape index (κ2) is 6.55. The summed E-state index contributed by atoms with van der Waals surface area (Å²) in [5.74, 6) is -0.00111. The molecule has 18 heavy (non-hydrogen) atoms. The number of carbonyl (C=O) groups excluding carboxylic acids is 1. The van der Waals surface area contributed by atoms with Crippen molar-refractivity contribution >= 4 is 5.97 Å². The van der Waals surface area contributed by atoms with Gasteiger partial charge in [-0.3, -0.25) is 4.79 Å². The Morgan fingerprint density at radius 3 is 2.11 bits per heavy atom. The maximum absolute atomic E-state index is 12.5. The van der Waals surface area contributed by atoms with Gasteiger partial charge in [0.15, 0.2) is 0 Å². The molecule has 2 aliphatic carbocycles. The van der Waals surface area contributed by atoms with Crippen LogP contribution >= 0.6 is 0 Å². The van der Waals surface area contributed by atoms with E-state index in [1.165, 1.54) is 32.1 Å². The highest BCUT2D eigenvalue weighted by atomic mass is 16.5. The van der Waals surface area contributed by atoms with Crippen molar-refractivity contribution in [1.29, 1.82) is 0 Å². The molecule has 0 saturated heterocycles. The summed E-state index contributed by atoms with van der Waals surface area (Å²) in [6.07, 6.45) is 12.5. The number of nitrogens with two attached hydrogens (primary N) is 1. The topological polar surface area (TPSA) is 52.3 Å². The van der Waals surface area contributed by atoms with Crippen LogP contribution in [0.25, 0.3) is 0 Å². The molecule has 0 radical (unpaired) electrons. The highest BCUT2D eigenvalue weighted by Gasteiger charge is 2.39. The van der Waals surface area contributed by atoms with Gasteiger partial charge in [0.1, 0.15) is 6.10 Å². The first-order valence-electron chi connectivity index (χ1n) is 7.68. The minimum absolute atomic E-state index is 0.00111. The fourth-order valence-corrected chi connectivity index (χ4v) is 3.36. The van der Waals surface area contributed by atoms with Crippen molar-refractivity contribution in [3.8, 4) is 0 Å². The molecule has 2 N–H and O–H groups in total. The molecule has 0 heterocycles. The summed E-state index contributed by atoms with van der Waals surface area (Å²) in [6, 6.07) is 0. The van der Waals surface area contributed by atoms with Gasteiger partial charge in [-0.05, 0) is 38.5 Å². The highest BCUT2D eigenvalue weighted by Crippen LogP contribution is 2.36. The van der Waals surface area contributed by atoms with Gasteiger partial charge in [-0.25, -0.2) is 0 Å². The molecule has 0 aliphatic heterocycles. The van der Waals surface area contributed by atoms with E-state index in [9.17, 15) is 4.79 Å². The molecule has 3 heteroatoms. The Bertz CT molecular complexity index is 264. The fraction of sp³-hybridized carbons (Fsp3) is 0.933. The van der Waals surface area contributed by atoms with Gasteiger partial charge in [0.25, 0.3) is 0 Å². The molecule has 104 valence electrons. The summed E-state index contributed by atoms with van der Waals surface area (Å²) in [6.45, 7) is 0.457. The van der Waals surface area contributed by atoms with Gasteiger partial charge in [0.2, 0.25) is 0 Å². The summed E-state index contributed by atoms with van der Waals surface area (Å²) in [4.78, 5) is 12.5. The molecule has 0 unspecified atom stereocenters. The van der Waals surface area contributed by atoms with E-state index < -0.39 is 0 Å². The number of hydrogen-bond donors (Lipinski definition) is 1. The van der Waals surface area contributed by atoms with Crippen molar-refractivity contribution in [2.45, 2.75) is 76.7 Å². The Hall–Kier alpha value is -0.570. The van der Waals surface area contributed by atoms with Crippen molar-refractivity contribution in [2.24, 2.45) is 11.1 Å². The third-order valence-electron chi connectivity index (χ3n) is 4.71. The van der Waals surface area contributed by atoms with Crippen LogP contribution in [-0.2, 0) is 9.53 Å². The lowest BCUT2D eigenvalue weighted by Gasteiger charge is -2.32. The van der Waals surface area contributed by atoms with Crippen LogP contribution in [0.1, 0.15) is 70.6 Å². The number of esters is 1. The summed E-state index contributed by atoms with van der Waals surface area (Å²) in [7, 11) is 0. The van der Waals surface area contributed by atoms with Crippen LogP contribution in [0.3, 0.4) is 0 Å². The lowest BCUT2D eigenvalue weighted by atomic mass is 9.80. The molecule has 0 aromatic heterocycles. The standard InChI is InChI=1S/C15H27NO2/c16-12-15(10-6-1-2-7-11-15)14(17)18-13-8-4-3-5-9-13/h13H,1-12,16H2. The number of ether oxygens (including phenoxy) is 1. The number of carbonyl (C=O) groups is 1. The van der Waals surface area contributed by atoms with Gasteiger partial charge >= 0.3 is 5.97 Å². The maximum atomic E-state index is 12.5. The first kappa shape index (κ1) is 13.9.